The number of benzene rings is 2. The number of thiocarbonyl (C=S) groups is 1. The Balaban J connectivity index is 1.75. The SMILES string of the molecule is CCCCN1C(=O)/C(=C/c2cn(-c3ccccc3)nc2-c2ccccc2)SC1=S. The monoisotopic (exact) mass is 419 g/mol. The highest BCUT2D eigenvalue weighted by atomic mass is 32.2. The van der Waals surface area contributed by atoms with Crippen LogP contribution in [0.25, 0.3) is 23.0 Å². The number of thioether (sulfide) groups is 1. The highest BCUT2D eigenvalue weighted by Crippen LogP contribution is 2.35. The molecule has 0 radical (unpaired) electrons. The summed E-state index contributed by atoms with van der Waals surface area (Å²) in [5.41, 5.74) is 3.72. The number of aromatic nitrogens is 2. The topological polar surface area (TPSA) is 38.1 Å². The van der Waals surface area contributed by atoms with E-state index in [2.05, 4.69) is 6.92 Å². The van der Waals surface area contributed by atoms with Crippen LogP contribution in [0.4, 0.5) is 0 Å². The maximum atomic E-state index is 12.9. The Hall–Kier alpha value is -2.70. The van der Waals surface area contributed by atoms with Gasteiger partial charge in [-0.3, -0.25) is 9.69 Å². The average molecular weight is 420 g/mol. The lowest BCUT2D eigenvalue weighted by atomic mass is 10.1. The number of para-hydroxylation sites is 1. The molecule has 3 aromatic rings. The van der Waals surface area contributed by atoms with E-state index in [0.717, 1.165) is 35.3 Å². The van der Waals surface area contributed by atoms with Crippen LogP contribution in [0.15, 0.2) is 71.8 Å². The number of unbranched alkanes of at least 4 members (excludes halogenated alkanes) is 1. The molecule has 0 unspecified atom stereocenters. The predicted molar refractivity (Wildman–Crippen MR) is 124 cm³/mol. The quantitative estimate of drug-likeness (QED) is 0.388. The van der Waals surface area contributed by atoms with E-state index in [-0.39, 0.29) is 5.91 Å². The summed E-state index contributed by atoms with van der Waals surface area (Å²) in [5.74, 6) is -0.0140. The molecular formula is C23H21N3OS2. The zero-order valence-corrected chi connectivity index (χ0v) is 17.7. The van der Waals surface area contributed by atoms with Gasteiger partial charge in [-0.25, -0.2) is 4.68 Å². The molecule has 1 fully saturated rings. The largest absolute Gasteiger partial charge is 0.293 e. The second kappa shape index (κ2) is 8.76. The van der Waals surface area contributed by atoms with Crippen molar-refractivity contribution in [3.8, 4) is 16.9 Å². The van der Waals surface area contributed by atoms with Crippen LogP contribution < -0.4 is 0 Å². The third-order valence-electron chi connectivity index (χ3n) is 4.71. The Morgan fingerprint density at radius 2 is 1.76 bits per heavy atom. The van der Waals surface area contributed by atoms with Gasteiger partial charge in [0.2, 0.25) is 0 Å². The summed E-state index contributed by atoms with van der Waals surface area (Å²) in [6.07, 6.45) is 5.86. The third kappa shape index (κ3) is 4.18. The van der Waals surface area contributed by atoms with Gasteiger partial charge in [0, 0.05) is 23.9 Å². The molecule has 1 aliphatic heterocycles. The van der Waals surface area contributed by atoms with Crippen LogP contribution in [-0.4, -0.2) is 31.5 Å². The van der Waals surface area contributed by atoms with Gasteiger partial charge in [0.1, 0.15) is 4.32 Å². The van der Waals surface area contributed by atoms with Crippen LogP contribution in [0.2, 0.25) is 0 Å². The van der Waals surface area contributed by atoms with Crippen LogP contribution in [-0.2, 0) is 4.79 Å². The van der Waals surface area contributed by atoms with Crippen molar-refractivity contribution in [1.82, 2.24) is 14.7 Å². The first-order valence-electron chi connectivity index (χ1n) is 9.63. The molecule has 1 amide bonds. The molecule has 1 saturated heterocycles. The molecule has 0 N–H and O–H groups in total. The molecule has 6 heteroatoms. The van der Waals surface area contributed by atoms with Gasteiger partial charge in [-0.1, -0.05) is 85.9 Å². The molecule has 2 aromatic carbocycles. The summed E-state index contributed by atoms with van der Waals surface area (Å²) >= 11 is 6.81. The lowest BCUT2D eigenvalue weighted by Crippen LogP contribution is -2.28. The third-order valence-corrected chi connectivity index (χ3v) is 6.08. The van der Waals surface area contributed by atoms with E-state index in [0.29, 0.717) is 15.8 Å². The molecule has 0 spiro atoms. The second-order valence-electron chi connectivity index (χ2n) is 6.77. The minimum Gasteiger partial charge on any atom is -0.293 e. The molecule has 146 valence electrons. The van der Waals surface area contributed by atoms with Gasteiger partial charge >= 0.3 is 0 Å². The van der Waals surface area contributed by atoms with Crippen LogP contribution in [0, 0.1) is 0 Å². The highest BCUT2D eigenvalue weighted by molar-refractivity contribution is 8.26. The summed E-state index contributed by atoms with van der Waals surface area (Å²) in [6.45, 7) is 2.78. The molecule has 2 heterocycles. The van der Waals surface area contributed by atoms with Gasteiger partial charge in [0.25, 0.3) is 5.91 Å². The van der Waals surface area contributed by atoms with Crippen LogP contribution in [0.1, 0.15) is 25.3 Å². The molecule has 4 nitrogen and oxygen atoms in total. The first-order valence-corrected chi connectivity index (χ1v) is 10.9. The molecule has 0 atom stereocenters. The lowest BCUT2D eigenvalue weighted by Gasteiger charge is -2.12. The molecule has 4 rings (SSSR count). The van der Waals surface area contributed by atoms with Gasteiger partial charge in [0.05, 0.1) is 16.3 Å². The molecular weight excluding hydrogens is 398 g/mol. The Kier molecular flexibility index (Phi) is 5.92. The van der Waals surface area contributed by atoms with Crippen molar-refractivity contribution in [2.45, 2.75) is 19.8 Å². The number of amides is 1. The van der Waals surface area contributed by atoms with Gasteiger partial charge in [-0.15, -0.1) is 0 Å². The summed E-state index contributed by atoms with van der Waals surface area (Å²) in [7, 11) is 0. The van der Waals surface area contributed by atoms with Gasteiger partial charge in [-0.05, 0) is 24.6 Å². The molecule has 0 bridgehead atoms. The van der Waals surface area contributed by atoms with E-state index in [1.54, 1.807) is 4.90 Å². The summed E-state index contributed by atoms with van der Waals surface area (Å²) in [4.78, 5) is 15.2. The van der Waals surface area contributed by atoms with Crippen molar-refractivity contribution in [2.75, 3.05) is 6.54 Å². The van der Waals surface area contributed by atoms with E-state index < -0.39 is 0 Å². The van der Waals surface area contributed by atoms with Crippen LogP contribution >= 0.6 is 24.0 Å². The maximum Gasteiger partial charge on any atom is 0.266 e. The Morgan fingerprint density at radius 3 is 2.45 bits per heavy atom. The van der Waals surface area contributed by atoms with E-state index in [4.69, 9.17) is 17.3 Å². The van der Waals surface area contributed by atoms with Gasteiger partial charge in [-0.2, -0.15) is 5.10 Å². The van der Waals surface area contributed by atoms with E-state index in [1.807, 2.05) is 77.6 Å². The van der Waals surface area contributed by atoms with E-state index in [1.165, 1.54) is 11.8 Å². The van der Waals surface area contributed by atoms with Crippen molar-refractivity contribution < 1.29 is 4.79 Å². The Bertz CT molecular complexity index is 1060. The summed E-state index contributed by atoms with van der Waals surface area (Å²) in [5, 5.41) is 4.81. The fraction of sp³-hybridized carbons (Fsp3) is 0.174. The van der Waals surface area contributed by atoms with Crippen molar-refractivity contribution in [1.29, 1.82) is 0 Å². The normalized spacial score (nSPS) is 15.5. The second-order valence-corrected chi connectivity index (χ2v) is 8.44. The van der Waals surface area contributed by atoms with Gasteiger partial charge < -0.3 is 0 Å². The smallest absolute Gasteiger partial charge is 0.266 e. The van der Waals surface area contributed by atoms with E-state index in [9.17, 15) is 4.79 Å². The van der Waals surface area contributed by atoms with Gasteiger partial charge in [0.15, 0.2) is 0 Å². The lowest BCUT2D eigenvalue weighted by molar-refractivity contribution is -0.122. The number of hydrogen-bond acceptors (Lipinski definition) is 4. The molecule has 1 aromatic heterocycles. The fourth-order valence-corrected chi connectivity index (χ4v) is 4.48. The molecule has 0 saturated carbocycles. The maximum absolute atomic E-state index is 12.9. The Morgan fingerprint density at radius 1 is 1.07 bits per heavy atom. The molecule has 0 aliphatic carbocycles. The average Bonchev–Trinajstić information content (AvgIpc) is 3.29. The first-order chi connectivity index (χ1) is 14.2. The highest BCUT2D eigenvalue weighted by Gasteiger charge is 2.31. The number of carbonyl (C=O) groups is 1. The molecule has 29 heavy (non-hydrogen) atoms. The zero-order valence-electron chi connectivity index (χ0n) is 16.1. The minimum atomic E-state index is -0.0140. The Labute approximate surface area is 180 Å². The fourth-order valence-electron chi connectivity index (χ4n) is 3.18. The molecule has 1 aliphatic rings. The summed E-state index contributed by atoms with van der Waals surface area (Å²) < 4.78 is 2.48. The van der Waals surface area contributed by atoms with Crippen LogP contribution in [0.3, 0.4) is 0 Å². The minimum absolute atomic E-state index is 0.0140. The van der Waals surface area contributed by atoms with Crippen molar-refractivity contribution in [2.24, 2.45) is 0 Å². The predicted octanol–water partition coefficient (Wildman–Crippen LogP) is 5.54. The standard InChI is InChI=1S/C23H21N3OS2/c1-2-3-14-25-22(27)20(29-23(25)28)15-18-16-26(19-12-8-5-9-13-19)24-21(18)17-10-6-4-7-11-17/h4-13,15-16H,2-3,14H2,1H3/b20-15-. The van der Waals surface area contributed by atoms with E-state index >= 15 is 0 Å². The van der Waals surface area contributed by atoms with Crippen molar-refractivity contribution in [3.63, 3.8) is 0 Å². The van der Waals surface area contributed by atoms with Crippen LogP contribution in [0.5, 0.6) is 0 Å². The van der Waals surface area contributed by atoms with Crippen molar-refractivity contribution in [3.05, 3.63) is 77.3 Å². The van der Waals surface area contributed by atoms with Crippen molar-refractivity contribution >= 4 is 40.3 Å². The number of carbonyl (C=O) groups excluding carboxylic acids is 1. The number of hydrogen-bond donors (Lipinski definition) is 0. The number of rotatable bonds is 6. The number of nitrogens with zero attached hydrogens (tertiary/aromatic N) is 3. The zero-order chi connectivity index (χ0) is 20.2. The summed E-state index contributed by atoms with van der Waals surface area (Å²) in [6, 6.07) is 20.0. The first kappa shape index (κ1) is 19.6.